The van der Waals surface area contributed by atoms with Crippen LogP contribution in [0.4, 0.5) is 4.39 Å². The lowest BCUT2D eigenvalue weighted by atomic mass is 10.0. The van der Waals surface area contributed by atoms with E-state index in [9.17, 15) is 4.39 Å². The van der Waals surface area contributed by atoms with E-state index < -0.39 is 0 Å². The molecule has 1 aromatic carbocycles. The highest BCUT2D eigenvalue weighted by Gasteiger charge is 2.14. The van der Waals surface area contributed by atoms with Crippen LogP contribution in [0.3, 0.4) is 0 Å². The average molecular weight is 280 g/mol. The van der Waals surface area contributed by atoms with Gasteiger partial charge in [-0.2, -0.15) is 0 Å². The van der Waals surface area contributed by atoms with Gasteiger partial charge in [0.15, 0.2) is 0 Å². The molecule has 0 saturated heterocycles. The van der Waals surface area contributed by atoms with Crippen molar-refractivity contribution in [2.75, 3.05) is 7.05 Å². The molecule has 0 aliphatic carbocycles. The standard InChI is InChI=1S/C14H15ClFN3/c1-9-7-19-14(8-18-9)13(17-2)6-10-5-11(15)3-4-12(10)16/h3-5,7-8,13,17H,6H2,1-2H3. The summed E-state index contributed by atoms with van der Waals surface area (Å²) in [6.45, 7) is 1.88. The Hall–Kier alpha value is -1.52. The number of hydrogen-bond donors (Lipinski definition) is 1. The smallest absolute Gasteiger partial charge is 0.126 e. The summed E-state index contributed by atoms with van der Waals surface area (Å²) in [5, 5.41) is 3.65. The van der Waals surface area contributed by atoms with Gasteiger partial charge in [0.05, 0.1) is 23.6 Å². The lowest BCUT2D eigenvalue weighted by molar-refractivity contribution is 0.543. The minimum atomic E-state index is -0.260. The fraction of sp³-hybridized carbons (Fsp3) is 0.286. The first-order chi connectivity index (χ1) is 9.10. The van der Waals surface area contributed by atoms with Gasteiger partial charge in [0.1, 0.15) is 5.82 Å². The number of halogens is 2. The van der Waals surface area contributed by atoms with Gasteiger partial charge < -0.3 is 5.32 Å². The van der Waals surface area contributed by atoms with Gasteiger partial charge in [-0.25, -0.2) is 4.39 Å². The van der Waals surface area contributed by atoms with Crippen LogP contribution in [0.1, 0.15) is 23.0 Å². The highest BCUT2D eigenvalue weighted by molar-refractivity contribution is 6.30. The molecule has 1 N–H and O–H groups in total. The van der Waals surface area contributed by atoms with Crippen LogP contribution < -0.4 is 5.32 Å². The van der Waals surface area contributed by atoms with Crippen molar-refractivity contribution in [1.29, 1.82) is 0 Å². The van der Waals surface area contributed by atoms with E-state index in [2.05, 4.69) is 15.3 Å². The molecule has 100 valence electrons. The zero-order chi connectivity index (χ0) is 13.8. The molecular weight excluding hydrogens is 265 g/mol. The van der Waals surface area contributed by atoms with Crippen molar-refractivity contribution in [2.24, 2.45) is 0 Å². The largest absolute Gasteiger partial charge is 0.311 e. The molecule has 0 aliphatic rings. The Morgan fingerprint density at radius 2 is 2.11 bits per heavy atom. The van der Waals surface area contributed by atoms with Gasteiger partial charge in [-0.3, -0.25) is 9.97 Å². The number of aryl methyl sites for hydroxylation is 1. The van der Waals surface area contributed by atoms with Gasteiger partial charge in [0, 0.05) is 11.2 Å². The number of hydrogen-bond acceptors (Lipinski definition) is 3. The van der Waals surface area contributed by atoms with Crippen molar-refractivity contribution < 1.29 is 4.39 Å². The summed E-state index contributed by atoms with van der Waals surface area (Å²) in [7, 11) is 1.81. The molecule has 1 heterocycles. The van der Waals surface area contributed by atoms with E-state index in [0.29, 0.717) is 17.0 Å². The maximum atomic E-state index is 13.7. The Morgan fingerprint density at radius 3 is 2.74 bits per heavy atom. The highest BCUT2D eigenvalue weighted by atomic mass is 35.5. The molecule has 2 rings (SSSR count). The second-order valence-electron chi connectivity index (χ2n) is 4.36. The Labute approximate surface area is 116 Å². The second-order valence-corrected chi connectivity index (χ2v) is 4.80. The molecule has 0 radical (unpaired) electrons. The predicted octanol–water partition coefficient (Wildman–Crippen LogP) is 3.08. The Morgan fingerprint density at radius 1 is 1.32 bits per heavy atom. The molecular formula is C14H15ClFN3. The van der Waals surface area contributed by atoms with Crippen LogP contribution >= 0.6 is 11.6 Å². The number of nitrogens with one attached hydrogen (secondary N) is 1. The van der Waals surface area contributed by atoms with Crippen molar-refractivity contribution >= 4 is 11.6 Å². The molecule has 1 aromatic heterocycles. The van der Waals surface area contributed by atoms with E-state index in [1.165, 1.54) is 6.07 Å². The van der Waals surface area contributed by atoms with Crippen LogP contribution in [-0.4, -0.2) is 17.0 Å². The number of likely N-dealkylation sites (N-methyl/N-ethyl adjacent to an activating group) is 1. The van der Waals surface area contributed by atoms with Crippen LogP contribution in [0.15, 0.2) is 30.6 Å². The van der Waals surface area contributed by atoms with E-state index in [1.54, 1.807) is 24.5 Å². The van der Waals surface area contributed by atoms with Crippen molar-refractivity contribution in [1.82, 2.24) is 15.3 Å². The third-order valence-corrected chi connectivity index (χ3v) is 3.17. The number of rotatable bonds is 4. The molecule has 19 heavy (non-hydrogen) atoms. The maximum Gasteiger partial charge on any atom is 0.126 e. The van der Waals surface area contributed by atoms with Gasteiger partial charge in [0.25, 0.3) is 0 Å². The molecule has 2 aromatic rings. The van der Waals surface area contributed by atoms with E-state index in [1.807, 2.05) is 14.0 Å². The fourth-order valence-electron chi connectivity index (χ4n) is 1.86. The van der Waals surface area contributed by atoms with Gasteiger partial charge in [-0.15, -0.1) is 0 Å². The summed E-state index contributed by atoms with van der Waals surface area (Å²) in [4.78, 5) is 8.52. The molecule has 1 atom stereocenters. The molecule has 3 nitrogen and oxygen atoms in total. The maximum absolute atomic E-state index is 13.7. The summed E-state index contributed by atoms with van der Waals surface area (Å²) in [6, 6.07) is 4.47. The summed E-state index contributed by atoms with van der Waals surface area (Å²) in [5.41, 5.74) is 2.20. The molecule has 0 fully saturated rings. The van der Waals surface area contributed by atoms with E-state index >= 15 is 0 Å². The predicted molar refractivity (Wildman–Crippen MR) is 73.7 cm³/mol. The first-order valence-corrected chi connectivity index (χ1v) is 6.37. The fourth-order valence-corrected chi connectivity index (χ4v) is 2.05. The molecule has 5 heteroatoms. The van der Waals surface area contributed by atoms with E-state index in [0.717, 1.165) is 11.4 Å². The molecule has 0 spiro atoms. The summed E-state index contributed by atoms with van der Waals surface area (Å²) in [5.74, 6) is -0.260. The summed E-state index contributed by atoms with van der Waals surface area (Å²) in [6.07, 6.45) is 3.88. The van der Waals surface area contributed by atoms with Gasteiger partial charge >= 0.3 is 0 Å². The topological polar surface area (TPSA) is 37.8 Å². The van der Waals surface area contributed by atoms with E-state index in [-0.39, 0.29) is 11.9 Å². The van der Waals surface area contributed by atoms with Crippen molar-refractivity contribution in [2.45, 2.75) is 19.4 Å². The monoisotopic (exact) mass is 279 g/mol. The minimum absolute atomic E-state index is 0.0962. The SMILES string of the molecule is CNC(Cc1cc(Cl)ccc1F)c1cnc(C)cn1. The normalized spacial score (nSPS) is 12.4. The molecule has 1 unspecified atom stereocenters. The van der Waals surface area contributed by atoms with Crippen LogP contribution in [0.5, 0.6) is 0 Å². The molecule has 0 aliphatic heterocycles. The lowest BCUT2D eigenvalue weighted by Gasteiger charge is -2.16. The lowest BCUT2D eigenvalue weighted by Crippen LogP contribution is -2.20. The van der Waals surface area contributed by atoms with Crippen molar-refractivity contribution in [3.8, 4) is 0 Å². The third-order valence-electron chi connectivity index (χ3n) is 2.94. The Bertz CT molecular complexity index is 557. The second kappa shape index (κ2) is 6.08. The molecule has 0 amide bonds. The van der Waals surface area contributed by atoms with Crippen LogP contribution in [0, 0.1) is 12.7 Å². The van der Waals surface area contributed by atoms with Crippen LogP contribution in [0.25, 0.3) is 0 Å². The van der Waals surface area contributed by atoms with E-state index in [4.69, 9.17) is 11.6 Å². The summed E-state index contributed by atoms with van der Waals surface area (Å²) < 4.78 is 13.7. The van der Waals surface area contributed by atoms with Crippen molar-refractivity contribution in [3.05, 3.63) is 58.4 Å². The number of benzene rings is 1. The van der Waals surface area contributed by atoms with Gasteiger partial charge in [-0.05, 0) is 44.2 Å². The number of aromatic nitrogens is 2. The van der Waals surface area contributed by atoms with Gasteiger partial charge in [0.2, 0.25) is 0 Å². The Kier molecular flexibility index (Phi) is 4.45. The number of nitrogens with zero attached hydrogens (tertiary/aromatic N) is 2. The first kappa shape index (κ1) is 13.9. The van der Waals surface area contributed by atoms with Crippen LogP contribution in [-0.2, 0) is 6.42 Å². The molecule has 0 bridgehead atoms. The minimum Gasteiger partial charge on any atom is -0.311 e. The summed E-state index contributed by atoms with van der Waals surface area (Å²) >= 11 is 5.90. The third kappa shape index (κ3) is 3.49. The average Bonchev–Trinajstić information content (AvgIpc) is 2.41. The Balaban J connectivity index is 2.23. The van der Waals surface area contributed by atoms with Gasteiger partial charge in [-0.1, -0.05) is 11.6 Å². The van der Waals surface area contributed by atoms with Crippen LogP contribution in [0.2, 0.25) is 5.02 Å². The van der Waals surface area contributed by atoms with Crippen molar-refractivity contribution in [3.63, 3.8) is 0 Å². The quantitative estimate of drug-likeness (QED) is 0.935. The first-order valence-electron chi connectivity index (χ1n) is 6.00. The zero-order valence-electron chi connectivity index (χ0n) is 10.8. The molecule has 0 saturated carbocycles. The zero-order valence-corrected chi connectivity index (χ0v) is 11.6. The highest BCUT2D eigenvalue weighted by Crippen LogP contribution is 2.21.